The van der Waals surface area contributed by atoms with E-state index in [1.165, 1.54) is 63.4 Å². The van der Waals surface area contributed by atoms with Gasteiger partial charge < -0.3 is 0 Å². The molecular weight excluding hydrogens is 408 g/mol. The topological polar surface area (TPSA) is 0 Å². The van der Waals surface area contributed by atoms with Crippen molar-refractivity contribution in [2.24, 2.45) is 55.2 Å². The number of fused-ring (bicyclic) bond motifs is 7. The number of hydrogen-bond donors (Lipinski definition) is 0. The maximum absolute atomic E-state index is 4.63. The predicted molar refractivity (Wildman–Crippen MR) is 148 cm³/mol. The molecule has 5 aliphatic carbocycles. The Bertz CT molecular complexity index is 947. The second-order valence-electron chi connectivity index (χ2n) is 16.7. The fraction of sp³-hybridized carbons (Fsp3) is 0.882. The van der Waals surface area contributed by atoms with Crippen molar-refractivity contribution in [3.8, 4) is 0 Å². The van der Waals surface area contributed by atoms with E-state index in [-0.39, 0.29) is 5.41 Å². The van der Waals surface area contributed by atoms with Gasteiger partial charge in [0.25, 0.3) is 0 Å². The minimum atomic E-state index is 0.202. The molecule has 0 heterocycles. The summed E-state index contributed by atoms with van der Waals surface area (Å²) < 4.78 is 0. The minimum Gasteiger partial charge on any atom is -0.0993 e. The van der Waals surface area contributed by atoms with Gasteiger partial charge in [0.05, 0.1) is 0 Å². The standard InChI is InChI=1S/C34H56/c1-23-13-14-33(11)31(9,28(23,5)6)19-20-32(10)30(8)18-17-29(7)16-15-27(3,4)22-26(29)25(30)21-24(2)34(32,33)12/h21,24,26H,1,13-20,22H2,2-12H3/t24?,26?,29?,30?,31-,32?,33?,34?/m0/s1. The molecule has 0 N–H and O–H groups in total. The summed E-state index contributed by atoms with van der Waals surface area (Å²) in [5, 5.41) is 0. The molecule has 0 bridgehead atoms. The van der Waals surface area contributed by atoms with Gasteiger partial charge >= 0.3 is 0 Å². The molecule has 0 aromatic heterocycles. The van der Waals surface area contributed by atoms with E-state index in [0.717, 1.165) is 5.92 Å². The first kappa shape index (κ1) is 25.1. The van der Waals surface area contributed by atoms with Gasteiger partial charge in [-0.2, -0.15) is 0 Å². The third-order valence-electron chi connectivity index (χ3n) is 15.6. The van der Waals surface area contributed by atoms with Crippen molar-refractivity contribution in [3.05, 3.63) is 23.8 Å². The van der Waals surface area contributed by atoms with Gasteiger partial charge in [-0.15, -0.1) is 0 Å². The monoisotopic (exact) mass is 464 g/mol. The summed E-state index contributed by atoms with van der Waals surface area (Å²) >= 11 is 0. The van der Waals surface area contributed by atoms with E-state index in [9.17, 15) is 0 Å². The summed E-state index contributed by atoms with van der Waals surface area (Å²) in [6.45, 7) is 33.7. The van der Waals surface area contributed by atoms with Gasteiger partial charge in [-0.3, -0.25) is 0 Å². The van der Waals surface area contributed by atoms with Gasteiger partial charge in [0, 0.05) is 0 Å². The molecule has 8 atom stereocenters. The van der Waals surface area contributed by atoms with Crippen molar-refractivity contribution in [2.45, 2.75) is 134 Å². The Balaban J connectivity index is 1.71. The van der Waals surface area contributed by atoms with Crippen molar-refractivity contribution in [2.75, 3.05) is 0 Å². The number of allylic oxidation sites excluding steroid dienone is 3. The Labute approximate surface area is 212 Å². The maximum atomic E-state index is 4.63. The second kappa shape index (κ2) is 6.67. The molecule has 4 saturated carbocycles. The molecule has 0 heteroatoms. The summed E-state index contributed by atoms with van der Waals surface area (Å²) in [5.74, 6) is 1.40. The highest BCUT2D eigenvalue weighted by atomic mass is 14.8. The Morgan fingerprint density at radius 2 is 1.29 bits per heavy atom. The Morgan fingerprint density at radius 1 is 0.706 bits per heavy atom. The van der Waals surface area contributed by atoms with Crippen LogP contribution in [-0.2, 0) is 0 Å². The van der Waals surface area contributed by atoms with Crippen LogP contribution in [0.25, 0.3) is 0 Å². The average Bonchev–Trinajstić information content (AvgIpc) is 2.75. The van der Waals surface area contributed by atoms with Crippen LogP contribution < -0.4 is 0 Å². The predicted octanol–water partition coefficient (Wildman–Crippen LogP) is 10.4. The summed E-state index contributed by atoms with van der Waals surface area (Å²) in [5.41, 5.74) is 6.18. The van der Waals surface area contributed by atoms with Gasteiger partial charge in [-0.1, -0.05) is 100.0 Å². The van der Waals surface area contributed by atoms with Crippen LogP contribution in [0, 0.1) is 55.2 Å². The molecule has 0 amide bonds. The first-order chi connectivity index (χ1) is 15.4. The van der Waals surface area contributed by atoms with Crippen LogP contribution in [0.5, 0.6) is 0 Å². The zero-order valence-electron chi connectivity index (χ0n) is 24.8. The van der Waals surface area contributed by atoms with Gasteiger partial charge in [-0.05, 0) is 113 Å². The van der Waals surface area contributed by atoms with Crippen LogP contribution in [-0.4, -0.2) is 0 Å². The normalized spacial score (nSPS) is 55.9. The lowest BCUT2D eigenvalue weighted by atomic mass is 9.24. The largest absolute Gasteiger partial charge is 0.0993 e. The number of hydrogen-bond acceptors (Lipinski definition) is 0. The maximum Gasteiger partial charge on any atom is -0.00537 e. The fourth-order valence-corrected chi connectivity index (χ4v) is 11.6. The fourth-order valence-electron chi connectivity index (χ4n) is 11.6. The summed E-state index contributed by atoms with van der Waals surface area (Å²) in [4.78, 5) is 0. The molecule has 5 aliphatic rings. The van der Waals surface area contributed by atoms with Crippen molar-refractivity contribution in [1.29, 1.82) is 0 Å². The molecule has 0 spiro atoms. The lowest BCUT2D eigenvalue weighted by molar-refractivity contribution is -0.276. The highest BCUT2D eigenvalue weighted by Gasteiger charge is 2.76. The van der Waals surface area contributed by atoms with Crippen LogP contribution >= 0.6 is 0 Å². The quantitative estimate of drug-likeness (QED) is 0.313. The molecule has 4 fully saturated rings. The van der Waals surface area contributed by atoms with Crippen LogP contribution in [0.4, 0.5) is 0 Å². The van der Waals surface area contributed by atoms with E-state index in [1.54, 1.807) is 0 Å². The van der Waals surface area contributed by atoms with Crippen molar-refractivity contribution >= 4 is 0 Å². The molecule has 0 aromatic carbocycles. The van der Waals surface area contributed by atoms with Gasteiger partial charge in [0.1, 0.15) is 0 Å². The molecule has 0 aliphatic heterocycles. The molecule has 0 aromatic rings. The van der Waals surface area contributed by atoms with Gasteiger partial charge in [0.2, 0.25) is 0 Å². The molecule has 34 heavy (non-hydrogen) atoms. The Hall–Kier alpha value is -0.520. The van der Waals surface area contributed by atoms with E-state index >= 15 is 0 Å². The highest BCUT2D eigenvalue weighted by Crippen LogP contribution is 2.84. The van der Waals surface area contributed by atoms with Crippen LogP contribution in [0.1, 0.15) is 134 Å². The van der Waals surface area contributed by atoms with E-state index in [2.05, 4.69) is 88.8 Å². The minimum absolute atomic E-state index is 0.202. The van der Waals surface area contributed by atoms with Gasteiger partial charge in [-0.25, -0.2) is 0 Å². The molecule has 192 valence electrons. The van der Waals surface area contributed by atoms with E-state index < -0.39 is 0 Å². The van der Waals surface area contributed by atoms with Crippen molar-refractivity contribution in [1.82, 2.24) is 0 Å². The van der Waals surface area contributed by atoms with E-state index in [1.807, 2.05) is 5.57 Å². The van der Waals surface area contributed by atoms with E-state index in [4.69, 9.17) is 0 Å². The Kier molecular flexibility index (Phi) is 4.93. The molecule has 5 rings (SSSR count). The summed E-state index contributed by atoms with van der Waals surface area (Å²) in [7, 11) is 0. The third-order valence-corrected chi connectivity index (χ3v) is 15.6. The second-order valence-corrected chi connectivity index (χ2v) is 16.7. The molecule has 7 unspecified atom stereocenters. The van der Waals surface area contributed by atoms with E-state index in [0.29, 0.717) is 43.8 Å². The number of rotatable bonds is 0. The van der Waals surface area contributed by atoms with Crippen LogP contribution in [0.2, 0.25) is 0 Å². The Morgan fingerprint density at radius 3 is 1.94 bits per heavy atom. The van der Waals surface area contributed by atoms with Crippen LogP contribution in [0.15, 0.2) is 23.8 Å². The summed E-state index contributed by atoms with van der Waals surface area (Å²) in [6, 6.07) is 0. The van der Waals surface area contributed by atoms with Crippen molar-refractivity contribution in [3.63, 3.8) is 0 Å². The highest BCUT2D eigenvalue weighted by molar-refractivity contribution is 5.39. The lowest BCUT2D eigenvalue weighted by Crippen LogP contribution is -2.72. The molecule has 0 radical (unpaired) electrons. The smallest absolute Gasteiger partial charge is 0.00537 e. The first-order valence-electron chi connectivity index (χ1n) is 14.8. The van der Waals surface area contributed by atoms with Gasteiger partial charge in [0.15, 0.2) is 0 Å². The first-order valence-corrected chi connectivity index (χ1v) is 14.8. The lowest BCUT2D eigenvalue weighted by Gasteiger charge is -2.79. The SMILES string of the molecule is C=C1CCC2(C)C3(C)C(C)C=C4C5CC(C)(C)CCC5(C)CCC4(C)C3(C)CC[C@@]2(C)C1(C)C. The summed E-state index contributed by atoms with van der Waals surface area (Å²) in [6.07, 6.45) is 15.2. The third kappa shape index (κ3) is 2.49. The average molecular weight is 465 g/mol. The van der Waals surface area contributed by atoms with Crippen molar-refractivity contribution < 1.29 is 0 Å². The molecule has 0 nitrogen and oxygen atoms in total. The molecule has 0 saturated heterocycles. The zero-order chi connectivity index (χ0) is 25.4. The zero-order valence-corrected chi connectivity index (χ0v) is 24.8. The van der Waals surface area contributed by atoms with Crippen LogP contribution in [0.3, 0.4) is 0 Å². The molecular formula is C34H56.